The molecule has 23 heavy (non-hydrogen) atoms. The summed E-state index contributed by atoms with van der Waals surface area (Å²) in [5, 5.41) is 2.74. The maximum Gasteiger partial charge on any atom is 0.291 e. The fraction of sp³-hybridized carbons (Fsp3) is 0. The Hall–Kier alpha value is -2.05. The van der Waals surface area contributed by atoms with E-state index in [1.807, 2.05) is 18.2 Å². The van der Waals surface area contributed by atoms with Crippen LogP contribution in [0.4, 0.5) is 11.4 Å². The predicted octanol–water partition coefficient (Wildman–Crippen LogP) is 5.31. The zero-order chi connectivity index (χ0) is 16.4. The number of anilines is 2. The molecule has 3 rings (SSSR count). The Bertz CT molecular complexity index is 875. The molecule has 0 aliphatic rings. The molecule has 0 saturated carbocycles. The maximum atomic E-state index is 12.3. The van der Waals surface area contributed by atoms with E-state index in [0.29, 0.717) is 17.1 Å². The molecular formula is C17H12Br2N2O2. The van der Waals surface area contributed by atoms with Crippen LogP contribution in [0.1, 0.15) is 10.6 Å². The lowest BCUT2D eigenvalue weighted by Gasteiger charge is -2.06. The van der Waals surface area contributed by atoms with Crippen LogP contribution in [0.15, 0.2) is 68.0 Å². The van der Waals surface area contributed by atoms with E-state index in [2.05, 4.69) is 37.2 Å². The van der Waals surface area contributed by atoms with Crippen molar-refractivity contribution in [3.8, 4) is 11.3 Å². The summed E-state index contributed by atoms with van der Waals surface area (Å²) in [6.07, 6.45) is 0. The lowest BCUT2D eigenvalue weighted by Crippen LogP contribution is -2.12. The molecule has 1 amide bonds. The smallest absolute Gasteiger partial charge is 0.291 e. The second-order valence-corrected chi connectivity index (χ2v) is 6.60. The number of carbonyl (C=O) groups is 1. The van der Waals surface area contributed by atoms with E-state index < -0.39 is 0 Å². The molecule has 3 N–H and O–H groups in total. The molecule has 0 atom stereocenters. The first-order valence-electron chi connectivity index (χ1n) is 6.76. The van der Waals surface area contributed by atoms with E-state index in [1.165, 1.54) is 0 Å². The van der Waals surface area contributed by atoms with Gasteiger partial charge < -0.3 is 15.5 Å². The number of para-hydroxylation sites is 2. The number of hydrogen-bond acceptors (Lipinski definition) is 3. The molecular weight excluding hydrogens is 424 g/mol. The second kappa shape index (κ2) is 6.60. The van der Waals surface area contributed by atoms with Crippen LogP contribution < -0.4 is 11.1 Å². The second-order valence-electron chi connectivity index (χ2n) is 4.83. The van der Waals surface area contributed by atoms with E-state index in [9.17, 15) is 4.79 Å². The van der Waals surface area contributed by atoms with Crippen LogP contribution in [-0.2, 0) is 0 Å². The van der Waals surface area contributed by atoms with E-state index in [4.69, 9.17) is 10.2 Å². The predicted molar refractivity (Wildman–Crippen MR) is 98.4 cm³/mol. The Balaban J connectivity index is 1.84. The summed E-state index contributed by atoms with van der Waals surface area (Å²) in [5.74, 6) is 0.482. The highest BCUT2D eigenvalue weighted by atomic mass is 79.9. The van der Waals surface area contributed by atoms with Gasteiger partial charge in [0, 0.05) is 14.5 Å². The molecule has 0 bridgehead atoms. The number of carbonyl (C=O) groups excluding carboxylic acids is 1. The van der Waals surface area contributed by atoms with Crippen molar-refractivity contribution >= 4 is 49.1 Å². The normalized spacial score (nSPS) is 10.5. The Kier molecular flexibility index (Phi) is 4.54. The number of nitrogen functional groups attached to an aromatic ring is 1. The van der Waals surface area contributed by atoms with Gasteiger partial charge in [-0.2, -0.15) is 0 Å². The van der Waals surface area contributed by atoms with Gasteiger partial charge in [-0.05, 0) is 58.4 Å². The number of benzene rings is 2. The van der Waals surface area contributed by atoms with Crippen LogP contribution in [0.25, 0.3) is 11.3 Å². The minimum atomic E-state index is -0.345. The Labute approximate surface area is 149 Å². The topological polar surface area (TPSA) is 68.3 Å². The van der Waals surface area contributed by atoms with Gasteiger partial charge in [0.15, 0.2) is 5.76 Å². The Morgan fingerprint density at radius 1 is 1.04 bits per heavy atom. The summed E-state index contributed by atoms with van der Waals surface area (Å²) in [7, 11) is 0. The molecule has 2 aromatic carbocycles. The van der Waals surface area contributed by atoms with Gasteiger partial charge in [-0.1, -0.05) is 28.1 Å². The first kappa shape index (κ1) is 15.8. The van der Waals surface area contributed by atoms with Crippen molar-refractivity contribution in [2.24, 2.45) is 0 Å². The van der Waals surface area contributed by atoms with Gasteiger partial charge in [-0.3, -0.25) is 4.79 Å². The molecule has 0 aliphatic heterocycles. The highest BCUT2D eigenvalue weighted by Gasteiger charge is 2.15. The van der Waals surface area contributed by atoms with Crippen LogP contribution in [0.3, 0.4) is 0 Å². The first-order valence-corrected chi connectivity index (χ1v) is 8.34. The number of amides is 1. The molecule has 1 aromatic heterocycles. The van der Waals surface area contributed by atoms with Gasteiger partial charge in [0.05, 0.1) is 11.4 Å². The van der Waals surface area contributed by atoms with Crippen molar-refractivity contribution in [3.05, 3.63) is 69.3 Å². The standard InChI is InChI=1S/C17H12Br2N2O2/c18-10-5-6-11(12(19)9-10)15-7-8-16(23-15)17(22)21-14-4-2-1-3-13(14)20/h1-9H,20H2,(H,21,22). The summed E-state index contributed by atoms with van der Waals surface area (Å²) in [6, 6.07) is 16.2. The first-order chi connectivity index (χ1) is 11.0. The fourth-order valence-electron chi connectivity index (χ4n) is 2.09. The summed E-state index contributed by atoms with van der Waals surface area (Å²) >= 11 is 6.89. The molecule has 0 radical (unpaired) electrons. The third kappa shape index (κ3) is 3.48. The molecule has 0 unspecified atom stereocenters. The minimum absolute atomic E-state index is 0.220. The number of nitrogens with two attached hydrogens (primary N) is 1. The molecule has 0 spiro atoms. The van der Waals surface area contributed by atoms with Crippen molar-refractivity contribution in [3.63, 3.8) is 0 Å². The number of nitrogens with one attached hydrogen (secondary N) is 1. The average Bonchev–Trinajstić information content (AvgIpc) is 2.99. The van der Waals surface area contributed by atoms with Crippen LogP contribution in [-0.4, -0.2) is 5.91 Å². The van der Waals surface area contributed by atoms with Gasteiger partial charge in [-0.15, -0.1) is 0 Å². The lowest BCUT2D eigenvalue weighted by molar-refractivity contribution is 0.0997. The van der Waals surface area contributed by atoms with E-state index in [-0.39, 0.29) is 11.7 Å². The van der Waals surface area contributed by atoms with Gasteiger partial charge in [0.2, 0.25) is 0 Å². The number of halogens is 2. The summed E-state index contributed by atoms with van der Waals surface area (Å²) in [5.41, 5.74) is 7.75. The molecule has 116 valence electrons. The highest BCUT2D eigenvalue weighted by molar-refractivity contribution is 9.11. The third-order valence-electron chi connectivity index (χ3n) is 3.24. The molecule has 0 fully saturated rings. The molecule has 4 nitrogen and oxygen atoms in total. The zero-order valence-electron chi connectivity index (χ0n) is 11.8. The van der Waals surface area contributed by atoms with Crippen molar-refractivity contribution < 1.29 is 9.21 Å². The molecule has 6 heteroatoms. The minimum Gasteiger partial charge on any atom is -0.451 e. The van der Waals surface area contributed by atoms with E-state index in [1.54, 1.807) is 36.4 Å². The van der Waals surface area contributed by atoms with Gasteiger partial charge in [-0.25, -0.2) is 0 Å². The van der Waals surface area contributed by atoms with Crippen LogP contribution in [0.5, 0.6) is 0 Å². The Morgan fingerprint density at radius 3 is 2.57 bits per heavy atom. The summed E-state index contributed by atoms with van der Waals surface area (Å²) < 4.78 is 7.50. The van der Waals surface area contributed by atoms with Crippen molar-refractivity contribution in [2.45, 2.75) is 0 Å². The van der Waals surface area contributed by atoms with Crippen LogP contribution in [0.2, 0.25) is 0 Å². The number of furan rings is 1. The maximum absolute atomic E-state index is 12.3. The third-order valence-corrected chi connectivity index (χ3v) is 4.38. The number of hydrogen-bond donors (Lipinski definition) is 2. The largest absolute Gasteiger partial charge is 0.451 e. The summed E-state index contributed by atoms with van der Waals surface area (Å²) in [4.78, 5) is 12.3. The molecule has 0 aliphatic carbocycles. The van der Waals surface area contributed by atoms with Crippen molar-refractivity contribution in [1.82, 2.24) is 0 Å². The van der Waals surface area contributed by atoms with Crippen LogP contribution >= 0.6 is 31.9 Å². The van der Waals surface area contributed by atoms with E-state index in [0.717, 1.165) is 14.5 Å². The van der Waals surface area contributed by atoms with Gasteiger partial charge in [0.25, 0.3) is 5.91 Å². The SMILES string of the molecule is Nc1ccccc1NC(=O)c1ccc(-c2ccc(Br)cc2Br)o1. The monoisotopic (exact) mass is 434 g/mol. The summed E-state index contributed by atoms with van der Waals surface area (Å²) in [6.45, 7) is 0. The highest BCUT2D eigenvalue weighted by Crippen LogP contribution is 2.32. The van der Waals surface area contributed by atoms with E-state index >= 15 is 0 Å². The van der Waals surface area contributed by atoms with Crippen molar-refractivity contribution in [2.75, 3.05) is 11.1 Å². The zero-order valence-corrected chi connectivity index (χ0v) is 15.0. The molecule has 3 aromatic rings. The number of rotatable bonds is 3. The fourth-order valence-corrected chi connectivity index (χ4v) is 3.33. The molecule has 1 heterocycles. The molecule has 0 saturated heterocycles. The van der Waals surface area contributed by atoms with Gasteiger partial charge in [0.1, 0.15) is 5.76 Å². The lowest BCUT2D eigenvalue weighted by atomic mass is 10.2. The Morgan fingerprint density at radius 2 is 1.83 bits per heavy atom. The van der Waals surface area contributed by atoms with Crippen LogP contribution in [0, 0.1) is 0 Å². The quantitative estimate of drug-likeness (QED) is 0.548. The van der Waals surface area contributed by atoms with Gasteiger partial charge >= 0.3 is 0 Å². The van der Waals surface area contributed by atoms with Crippen molar-refractivity contribution in [1.29, 1.82) is 0 Å². The average molecular weight is 436 g/mol.